The maximum absolute atomic E-state index is 14.3. The lowest BCUT2D eigenvalue weighted by molar-refractivity contribution is 0.0952. The highest BCUT2D eigenvalue weighted by atomic mass is 79.9. The molecule has 0 radical (unpaired) electrons. The second-order valence-electron chi connectivity index (χ2n) is 7.83. The van der Waals surface area contributed by atoms with Crippen molar-refractivity contribution in [3.8, 4) is 0 Å². The lowest BCUT2D eigenvalue weighted by Gasteiger charge is -2.14. The quantitative estimate of drug-likeness (QED) is 0.365. The van der Waals surface area contributed by atoms with Gasteiger partial charge < -0.3 is 14.6 Å². The molecule has 1 aromatic heterocycles. The van der Waals surface area contributed by atoms with Crippen LogP contribution in [-0.4, -0.2) is 29.8 Å². The molecule has 1 N–H and O–H groups in total. The first-order chi connectivity index (χ1) is 14.1. The number of nitrogens with one attached hydrogen (secondary N) is 1. The van der Waals surface area contributed by atoms with Crippen molar-refractivity contribution in [1.82, 2.24) is 9.88 Å². The normalized spacial score (nSPS) is 16.3. The number of alkyl halides is 1. The Morgan fingerprint density at radius 2 is 2.10 bits per heavy atom. The number of carbonyl (C=O) groups is 1. The van der Waals surface area contributed by atoms with Crippen LogP contribution in [0.3, 0.4) is 0 Å². The minimum atomic E-state index is -1.19. The first-order valence-electron chi connectivity index (χ1n) is 10.5. The molecule has 3 rings (SSSR count). The molecule has 6 heteroatoms. The second-order valence-corrected chi connectivity index (χ2v) is 8.68. The van der Waals surface area contributed by atoms with Gasteiger partial charge in [0.2, 0.25) is 0 Å². The molecule has 1 amide bonds. The Labute approximate surface area is 180 Å². The van der Waals surface area contributed by atoms with E-state index in [1.165, 1.54) is 44.8 Å². The number of benzene rings is 1. The number of amides is 1. The lowest BCUT2D eigenvalue weighted by atomic mass is 9.97. The zero-order valence-electron chi connectivity index (χ0n) is 16.8. The number of hydrogen-bond donors (Lipinski definition) is 1. The molecule has 1 aromatic carbocycles. The van der Waals surface area contributed by atoms with Crippen molar-refractivity contribution < 1.29 is 13.9 Å². The van der Waals surface area contributed by atoms with Gasteiger partial charge in [-0.1, -0.05) is 67.1 Å². The van der Waals surface area contributed by atoms with E-state index in [2.05, 4.69) is 27.8 Å². The fourth-order valence-electron chi connectivity index (χ4n) is 4.21. The smallest absolute Gasteiger partial charge is 0.253 e. The van der Waals surface area contributed by atoms with Crippen LogP contribution in [0.2, 0.25) is 0 Å². The summed E-state index contributed by atoms with van der Waals surface area (Å²) < 4.78 is 21.8. The molecule has 1 fully saturated rings. The van der Waals surface area contributed by atoms with Gasteiger partial charge in [-0.05, 0) is 24.5 Å². The number of nitrogens with zero attached hydrogens (tertiary/aromatic N) is 1. The predicted molar refractivity (Wildman–Crippen MR) is 119 cm³/mol. The maximum atomic E-state index is 14.3. The molecule has 2 aromatic rings. The van der Waals surface area contributed by atoms with E-state index < -0.39 is 6.17 Å². The fourth-order valence-corrected chi connectivity index (χ4v) is 4.78. The molecule has 0 aliphatic heterocycles. The summed E-state index contributed by atoms with van der Waals surface area (Å²) in [6.45, 7) is 4.19. The van der Waals surface area contributed by atoms with Gasteiger partial charge in [-0.15, -0.1) is 0 Å². The van der Waals surface area contributed by atoms with Crippen molar-refractivity contribution >= 4 is 32.7 Å². The zero-order valence-corrected chi connectivity index (χ0v) is 18.4. The number of ether oxygens (including phenoxy) is 1. The van der Waals surface area contributed by atoms with Crippen LogP contribution in [0.25, 0.3) is 10.9 Å². The lowest BCUT2D eigenvalue weighted by Crippen LogP contribution is -2.26. The average molecular weight is 465 g/mol. The maximum Gasteiger partial charge on any atom is 0.253 e. The first kappa shape index (κ1) is 21.9. The minimum absolute atomic E-state index is 0.0555. The van der Waals surface area contributed by atoms with Crippen LogP contribution >= 0.6 is 15.9 Å². The van der Waals surface area contributed by atoms with Gasteiger partial charge in [-0.2, -0.15) is 0 Å². The number of hydrogen-bond acceptors (Lipinski definition) is 2. The highest BCUT2D eigenvalue weighted by molar-refractivity contribution is 9.10. The Kier molecular flexibility index (Phi) is 8.16. The summed E-state index contributed by atoms with van der Waals surface area (Å²) in [7, 11) is 0. The van der Waals surface area contributed by atoms with Gasteiger partial charge in [-0.25, -0.2) is 4.39 Å². The van der Waals surface area contributed by atoms with E-state index in [0.717, 1.165) is 21.8 Å². The van der Waals surface area contributed by atoms with Crippen LogP contribution in [0.4, 0.5) is 4.39 Å². The van der Waals surface area contributed by atoms with Gasteiger partial charge in [0.1, 0.15) is 6.61 Å². The summed E-state index contributed by atoms with van der Waals surface area (Å²) >= 11 is 3.55. The standard InChI is InChI=1S/C23H30BrFN2O2/c1-2-29-16-18(25)14-27-15-19(22-20(24)10-7-11-21(22)27)23(28)26-13-12-17-8-5-3-4-6-9-17/h2,7,10-11,15,17-18H,1,3-6,8-9,12-14,16H2,(H,26,28). The summed E-state index contributed by atoms with van der Waals surface area (Å²) in [5.41, 5.74) is 1.40. The number of carbonyl (C=O) groups excluding carboxylic acids is 1. The summed E-state index contributed by atoms with van der Waals surface area (Å²) in [4.78, 5) is 12.9. The Hall–Kier alpha value is -1.82. The van der Waals surface area contributed by atoms with E-state index in [-0.39, 0.29) is 19.1 Å². The Balaban J connectivity index is 1.70. The highest BCUT2D eigenvalue weighted by Gasteiger charge is 2.20. The molecule has 1 atom stereocenters. The zero-order chi connectivity index (χ0) is 20.6. The predicted octanol–water partition coefficient (Wildman–Crippen LogP) is 5.99. The topological polar surface area (TPSA) is 43.3 Å². The molecule has 1 aliphatic rings. The third-order valence-electron chi connectivity index (χ3n) is 5.70. The molecule has 1 saturated carbocycles. The Morgan fingerprint density at radius 1 is 1.34 bits per heavy atom. The second kappa shape index (κ2) is 10.8. The Morgan fingerprint density at radius 3 is 2.83 bits per heavy atom. The molecule has 29 heavy (non-hydrogen) atoms. The molecule has 1 aliphatic carbocycles. The van der Waals surface area contributed by atoms with Gasteiger partial charge in [0.25, 0.3) is 5.91 Å². The van der Waals surface area contributed by atoms with Crippen LogP contribution < -0.4 is 5.32 Å². The van der Waals surface area contributed by atoms with Crippen LogP contribution in [0, 0.1) is 5.92 Å². The van der Waals surface area contributed by atoms with Crippen molar-refractivity contribution in [2.45, 2.75) is 57.7 Å². The van der Waals surface area contributed by atoms with Gasteiger partial charge in [0.15, 0.2) is 6.17 Å². The van der Waals surface area contributed by atoms with Crippen LogP contribution in [0.1, 0.15) is 55.3 Å². The average Bonchev–Trinajstić information content (AvgIpc) is 2.88. The van der Waals surface area contributed by atoms with Crippen molar-refractivity contribution in [3.05, 3.63) is 47.3 Å². The van der Waals surface area contributed by atoms with Crippen molar-refractivity contribution in [1.29, 1.82) is 0 Å². The van der Waals surface area contributed by atoms with Gasteiger partial charge in [0, 0.05) is 22.6 Å². The monoisotopic (exact) mass is 464 g/mol. The molecule has 1 heterocycles. The van der Waals surface area contributed by atoms with Crippen molar-refractivity contribution in [2.24, 2.45) is 5.92 Å². The number of halogens is 2. The minimum Gasteiger partial charge on any atom is -0.499 e. The van der Waals surface area contributed by atoms with Gasteiger partial charge >= 0.3 is 0 Å². The van der Waals surface area contributed by atoms with E-state index in [9.17, 15) is 9.18 Å². The molecular formula is C23H30BrFN2O2. The Bertz CT molecular complexity index is 828. The number of fused-ring (bicyclic) bond motifs is 1. The van der Waals surface area contributed by atoms with E-state index in [4.69, 9.17) is 4.74 Å². The fraction of sp³-hybridized carbons (Fsp3) is 0.522. The summed E-state index contributed by atoms with van der Waals surface area (Å²) in [6.07, 6.45) is 10.6. The van der Waals surface area contributed by atoms with Gasteiger partial charge in [0.05, 0.1) is 23.9 Å². The van der Waals surface area contributed by atoms with Crippen LogP contribution in [0.5, 0.6) is 0 Å². The third-order valence-corrected chi connectivity index (χ3v) is 6.36. The molecule has 0 saturated heterocycles. The highest BCUT2D eigenvalue weighted by Crippen LogP contribution is 2.30. The van der Waals surface area contributed by atoms with Crippen molar-refractivity contribution in [2.75, 3.05) is 13.2 Å². The molecule has 1 unspecified atom stereocenters. The molecule has 4 nitrogen and oxygen atoms in total. The van der Waals surface area contributed by atoms with E-state index in [1.54, 1.807) is 10.8 Å². The molecular weight excluding hydrogens is 435 g/mol. The summed E-state index contributed by atoms with van der Waals surface area (Å²) in [6, 6.07) is 5.70. The number of aromatic nitrogens is 1. The van der Waals surface area contributed by atoms with Crippen molar-refractivity contribution in [3.63, 3.8) is 0 Å². The van der Waals surface area contributed by atoms with E-state index in [0.29, 0.717) is 18.0 Å². The third kappa shape index (κ3) is 5.84. The molecule has 158 valence electrons. The largest absolute Gasteiger partial charge is 0.499 e. The van der Waals surface area contributed by atoms with Gasteiger partial charge in [-0.3, -0.25) is 4.79 Å². The van der Waals surface area contributed by atoms with E-state index in [1.807, 2.05) is 18.2 Å². The molecule has 0 bridgehead atoms. The summed E-state index contributed by atoms with van der Waals surface area (Å²) in [5.74, 6) is 0.607. The summed E-state index contributed by atoms with van der Waals surface area (Å²) in [5, 5.41) is 3.90. The van der Waals surface area contributed by atoms with E-state index >= 15 is 0 Å². The first-order valence-corrected chi connectivity index (χ1v) is 11.3. The van der Waals surface area contributed by atoms with Crippen LogP contribution in [-0.2, 0) is 11.3 Å². The number of rotatable bonds is 9. The molecule has 0 spiro atoms. The SMILES string of the molecule is C=COCC(F)Cn1cc(C(=O)NCCC2CCCCCC2)c2c(Br)cccc21. The van der Waals surface area contributed by atoms with Crippen LogP contribution in [0.15, 0.2) is 41.7 Å².